The molecule has 0 fully saturated rings. The van der Waals surface area contributed by atoms with E-state index in [1.807, 2.05) is 6.92 Å². The van der Waals surface area contributed by atoms with Crippen molar-refractivity contribution in [1.82, 2.24) is 0 Å². The summed E-state index contributed by atoms with van der Waals surface area (Å²) in [5, 5.41) is 9.98. The van der Waals surface area contributed by atoms with Gasteiger partial charge in [0.05, 0.1) is 12.4 Å². The Morgan fingerprint density at radius 1 is 1.09 bits per heavy atom. The number of hydrogen-bond donors (Lipinski definition) is 0. The highest BCUT2D eigenvalue weighted by atomic mass is 32.2. The zero-order chi connectivity index (χ0) is 8.74. The molecule has 0 aliphatic carbocycles. The molecule has 0 bridgehead atoms. The Balaban J connectivity index is 3.56. The van der Waals surface area contributed by atoms with Crippen LogP contribution in [0.4, 0.5) is 0 Å². The van der Waals surface area contributed by atoms with E-state index in [-0.39, 0.29) is 18.1 Å². The molecule has 0 heterocycles. The SMILES string of the molecule is CCCS(=O)(=O)CCCC[O]. The third kappa shape index (κ3) is 6.31. The minimum atomic E-state index is -2.84. The van der Waals surface area contributed by atoms with Crippen molar-refractivity contribution in [3.8, 4) is 0 Å². The zero-order valence-electron chi connectivity index (χ0n) is 6.88. The molecular weight excluding hydrogens is 164 g/mol. The molecule has 0 atom stereocenters. The second-order valence-electron chi connectivity index (χ2n) is 2.56. The maximum absolute atomic E-state index is 11.0. The first-order valence-corrected chi connectivity index (χ1v) is 5.73. The largest absolute Gasteiger partial charge is 0.237 e. The van der Waals surface area contributed by atoms with Gasteiger partial charge in [0.15, 0.2) is 0 Å². The summed E-state index contributed by atoms with van der Waals surface area (Å²) in [6.45, 7) is 1.67. The van der Waals surface area contributed by atoms with Crippen molar-refractivity contribution < 1.29 is 13.5 Å². The molecule has 0 aromatic rings. The van der Waals surface area contributed by atoms with Crippen molar-refractivity contribution in [2.45, 2.75) is 26.2 Å². The van der Waals surface area contributed by atoms with Crippen LogP contribution >= 0.6 is 0 Å². The molecule has 0 saturated heterocycles. The summed E-state index contributed by atoms with van der Waals surface area (Å²) in [6.07, 6.45) is 1.66. The van der Waals surface area contributed by atoms with Crippen LogP contribution in [0, 0.1) is 0 Å². The van der Waals surface area contributed by atoms with Crippen LogP contribution in [-0.2, 0) is 14.9 Å². The molecule has 4 heteroatoms. The van der Waals surface area contributed by atoms with Gasteiger partial charge in [0.2, 0.25) is 0 Å². The van der Waals surface area contributed by atoms with Crippen LogP contribution in [-0.4, -0.2) is 26.5 Å². The van der Waals surface area contributed by atoms with Crippen LogP contribution in [0.15, 0.2) is 0 Å². The van der Waals surface area contributed by atoms with E-state index in [4.69, 9.17) is 0 Å². The first-order valence-electron chi connectivity index (χ1n) is 3.91. The molecule has 0 aromatic heterocycles. The quantitative estimate of drug-likeness (QED) is 0.572. The van der Waals surface area contributed by atoms with Gasteiger partial charge in [-0.3, -0.25) is 0 Å². The number of hydrogen-bond acceptors (Lipinski definition) is 2. The normalized spacial score (nSPS) is 11.8. The molecule has 0 N–H and O–H groups in total. The van der Waals surface area contributed by atoms with Crippen LogP contribution in [0.5, 0.6) is 0 Å². The molecule has 1 radical (unpaired) electrons. The molecule has 67 valence electrons. The highest BCUT2D eigenvalue weighted by Crippen LogP contribution is 1.98. The summed E-state index contributed by atoms with van der Waals surface area (Å²) in [6, 6.07) is 0. The lowest BCUT2D eigenvalue weighted by Gasteiger charge is -1.99. The Morgan fingerprint density at radius 2 is 1.73 bits per heavy atom. The summed E-state index contributed by atoms with van der Waals surface area (Å²) in [4.78, 5) is 0. The van der Waals surface area contributed by atoms with E-state index in [0.29, 0.717) is 19.3 Å². The molecule has 0 aliphatic heterocycles. The summed E-state index contributed by atoms with van der Waals surface area (Å²) >= 11 is 0. The monoisotopic (exact) mass is 179 g/mol. The fourth-order valence-corrected chi connectivity index (χ4v) is 2.31. The van der Waals surface area contributed by atoms with Crippen molar-refractivity contribution in [3.05, 3.63) is 0 Å². The Hall–Kier alpha value is -0.0900. The standard InChI is InChI=1S/C7H15O3S/c1-2-6-11(9,10)7-4-3-5-8/h2-7H2,1H3. The fourth-order valence-electron chi connectivity index (χ4n) is 0.837. The molecule has 11 heavy (non-hydrogen) atoms. The van der Waals surface area contributed by atoms with E-state index in [1.54, 1.807) is 0 Å². The highest BCUT2D eigenvalue weighted by Gasteiger charge is 2.07. The number of rotatable bonds is 6. The fraction of sp³-hybridized carbons (Fsp3) is 1.00. The third-order valence-electron chi connectivity index (χ3n) is 1.36. The molecule has 0 aliphatic rings. The van der Waals surface area contributed by atoms with E-state index in [2.05, 4.69) is 0 Å². The molecule has 3 nitrogen and oxygen atoms in total. The second kappa shape index (κ2) is 5.55. The maximum Gasteiger partial charge on any atom is 0.150 e. The van der Waals surface area contributed by atoms with Crippen molar-refractivity contribution in [2.75, 3.05) is 18.1 Å². The van der Waals surface area contributed by atoms with Crippen LogP contribution in [0.2, 0.25) is 0 Å². The van der Waals surface area contributed by atoms with Gasteiger partial charge in [-0.2, -0.15) is 0 Å². The van der Waals surface area contributed by atoms with Crippen LogP contribution < -0.4 is 0 Å². The van der Waals surface area contributed by atoms with Crippen LogP contribution in [0.3, 0.4) is 0 Å². The maximum atomic E-state index is 11.0. The van der Waals surface area contributed by atoms with Gasteiger partial charge in [0.25, 0.3) is 0 Å². The van der Waals surface area contributed by atoms with Gasteiger partial charge in [-0.25, -0.2) is 13.5 Å². The smallest absolute Gasteiger partial charge is 0.150 e. The van der Waals surface area contributed by atoms with E-state index >= 15 is 0 Å². The van der Waals surface area contributed by atoms with Crippen molar-refractivity contribution in [2.24, 2.45) is 0 Å². The van der Waals surface area contributed by atoms with Gasteiger partial charge in [0.1, 0.15) is 9.84 Å². The first kappa shape index (κ1) is 10.9. The Morgan fingerprint density at radius 3 is 2.18 bits per heavy atom. The Bertz CT molecular complexity index is 172. The first-order chi connectivity index (χ1) is 5.12. The minimum absolute atomic E-state index is 0.165. The van der Waals surface area contributed by atoms with Crippen LogP contribution in [0.25, 0.3) is 0 Å². The average molecular weight is 179 g/mol. The number of sulfone groups is 1. The Kier molecular flexibility index (Phi) is 5.50. The molecule has 0 saturated carbocycles. The van der Waals surface area contributed by atoms with E-state index in [0.717, 1.165) is 0 Å². The van der Waals surface area contributed by atoms with Crippen molar-refractivity contribution in [3.63, 3.8) is 0 Å². The van der Waals surface area contributed by atoms with Gasteiger partial charge in [-0.15, -0.1) is 0 Å². The molecule has 0 rings (SSSR count). The Labute approximate surface area is 68.3 Å². The molecule has 0 aromatic carbocycles. The summed E-state index contributed by atoms with van der Waals surface area (Å²) in [5.41, 5.74) is 0. The predicted molar refractivity (Wildman–Crippen MR) is 43.7 cm³/mol. The van der Waals surface area contributed by atoms with Gasteiger partial charge >= 0.3 is 0 Å². The third-order valence-corrected chi connectivity index (χ3v) is 3.31. The molecule has 0 unspecified atom stereocenters. The zero-order valence-corrected chi connectivity index (χ0v) is 7.69. The van der Waals surface area contributed by atoms with Gasteiger partial charge in [-0.1, -0.05) is 6.92 Å². The second-order valence-corrected chi connectivity index (χ2v) is 4.87. The van der Waals surface area contributed by atoms with E-state index in [1.165, 1.54) is 0 Å². The van der Waals surface area contributed by atoms with Gasteiger partial charge < -0.3 is 0 Å². The lowest BCUT2D eigenvalue weighted by atomic mass is 10.4. The topological polar surface area (TPSA) is 54.0 Å². The molecular formula is C7H15O3S. The minimum Gasteiger partial charge on any atom is -0.237 e. The van der Waals surface area contributed by atoms with Gasteiger partial charge in [-0.05, 0) is 19.3 Å². The predicted octanol–water partition coefficient (Wildman–Crippen LogP) is 1.02. The average Bonchev–Trinajstić information content (AvgIpc) is 1.87. The van der Waals surface area contributed by atoms with Crippen molar-refractivity contribution >= 4 is 9.84 Å². The summed E-state index contributed by atoms with van der Waals surface area (Å²) in [5.74, 6) is 0.439. The lowest BCUT2D eigenvalue weighted by Crippen LogP contribution is -2.10. The lowest BCUT2D eigenvalue weighted by molar-refractivity contribution is 0.188. The molecule has 0 amide bonds. The summed E-state index contributed by atoms with van der Waals surface area (Å²) < 4.78 is 22.0. The number of unbranched alkanes of at least 4 members (excludes halogenated alkanes) is 1. The molecule has 0 spiro atoms. The van der Waals surface area contributed by atoms with E-state index in [9.17, 15) is 13.5 Å². The van der Waals surface area contributed by atoms with Crippen molar-refractivity contribution in [1.29, 1.82) is 0 Å². The van der Waals surface area contributed by atoms with E-state index < -0.39 is 9.84 Å². The van der Waals surface area contributed by atoms with Gasteiger partial charge in [0, 0.05) is 5.75 Å². The summed E-state index contributed by atoms with van der Waals surface area (Å²) in [7, 11) is -2.84. The highest BCUT2D eigenvalue weighted by molar-refractivity contribution is 7.91. The van der Waals surface area contributed by atoms with Crippen LogP contribution in [0.1, 0.15) is 26.2 Å².